The summed E-state index contributed by atoms with van der Waals surface area (Å²) >= 11 is 0. The lowest BCUT2D eigenvalue weighted by molar-refractivity contribution is -0.329. The van der Waals surface area contributed by atoms with Gasteiger partial charge in [-0.15, -0.1) is 0 Å². The Balaban J connectivity index is 1.40. The van der Waals surface area contributed by atoms with Crippen molar-refractivity contribution >= 4 is 11.6 Å². The van der Waals surface area contributed by atoms with Crippen LogP contribution in [0.25, 0.3) is 0 Å². The summed E-state index contributed by atoms with van der Waals surface area (Å²) in [5.41, 5.74) is -7.39. The van der Waals surface area contributed by atoms with E-state index in [9.17, 15) is 55.5 Å². The van der Waals surface area contributed by atoms with E-state index in [2.05, 4.69) is 0 Å². The Bertz CT molecular complexity index is 1410. The number of Topliss-reactive ketones (excluding diaryl/α,β-unsaturated/α-hetero) is 2. The molecule has 0 saturated carbocycles. The molecule has 1 aromatic rings. The number of benzene rings is 1. The number of aliphatic hydroxyl groups excluding tert-OH is 5. The Kier molecular flexibility index (Phi) is 9.55. The van der Waals surface area contributed by atoms with Crippen LogP contribution < -0.4 is 0 Å². The minimum absolute atomic E-state index is 0.0534. The number of ketones is 2. The monoisotopic (exact) mass is 668 g/mol. The van der Waals surface area contributed by atoms with E-state index >= 15 is 0 Å². The van der Waals surface area contributed by atoms with E-state index in [-0.39, 0.29) is 24.0 Å². The summed E-state index contributed by atoms with van der Waals surface area (Å²) in [4.78, 5) is 27.9. The van der Waals surface area contributed by atoms with Crippen LogP contribution in [0.15, 0.2) is 29.8 Å². The maximum absolute atomic E-state index is 14.1. The second kappa shape index (κ2) is 12.5. The molecule has 0 radical (unpaired) electrons. The molecule has 0 bridgehead atoms. The first-order valence-corrected chi connectivity index (χ1v) is 15.4. The van der Waals surface area contributed by atoms with E-state index in [1.807, 2.05) is 0 Å². The fourth-order valence-electron chi connectivity index (χ4n) is 7.13. The van der Waals surface area contributed by atoms with E-state index in [1.165, 1.54) is 39.0 Å². The van der Waals surface area contributed by atoms with Gasteiger partial charge in [-0.05, 0) is 46.1 Å². The zero-order chi connectivity index (χ0) is 34.9. The maximum atomic E-state index is 14.1. The molecule has 15 nitrogen and oxygen atoms in total. The summed E-state index contributed by atoms with van der Waals surface area (Å²) in [6.07, 6.45) is -11.5. The van der Waals surface area contributed by atoms with Crippen molar-refractivity contribution in [3.63, 3.8) is 0 Å². The second-order valence-electron chi connectivity index (χ2n) is 13.9. The van der Waals surface area contributed by atoms with E-state index in [0.29, 0.717) is 5.57 Å². The molecular formula is C32H44O15. The van der Waals surface area contributed by atoms with Crippen molar-refractivity contribution < 1.29 is 74.5 Å². The average Bonchev–Trinajstić information content (AvgIpc) is 3.31. The average molecular weight is 669 g/mol. The molecule has 0 amide bonds. The molecule has 2 heterocycles. The molecule has 2 aliphatic heterocycles. The van der Waals surface area contributed by atoms with Gasteiger partial charge in [0.25, 0.3) is 0 Å². The SMILES string of the molecule is CC1=CCC2(O)C(=O)c3c(O)cccc3C(=O)C2(C)C1CC(O[C@@H]1O[C@H](CO[C@@H]2OC[C@](O)(CO)[C@H]2O)[C@@H](O)[C@H](O)[C@H]1O)C(C)(C)O. The molecule has 1 aromatic carbocycles. The summed E-state index contributed by atoms with van der Waals surface area (Å²) in [7, 11) is 0. The van der Waals surface area contributed by atoms with Gasteiger partial charge < -0.3 is 64.9 Å². The number of aliphatic hydroxyl groups is 8. The molecule has 0 aromatic heterocycles. The van der Waals surface area contributed by atoms with Crippen LogP contribution in [0.4, 0.5) is 0 Å². The van der Waals surface area contributed by atoms with Gasteiger partial charge in [0.1, 0.15) is 47.5 Å². The molecule has 2 fully saturated rings. The van der Waals surface area contributed by atoms with Crippen LogP contribution in [0, 0.1) is 11.3 Å². The third-order valence-electron chi connectivity index (χ3n) is 10.4. The molecule has 12 atom stereocenters. The molecule has 2 aliphatic carbocycles. The van der Waals surface area contributed by atoms with Crippen LogP contribution in [0.5, 0.6) is 5.75 Å². The first-order chi connectivity index (χ1) is 21.8. The van der Waals surface area contributed by atoms with Crippen molar-refractivity contribution in [3.05, 3.63) is 41.0 Å². The lowest BCUT2D eigenvalue weighted by Gasteiger charge is -2.54. The lowest BCUT2D eigenvalue weighted by atomic mass is 9.50. The Morgan fingerprint density at radius 1 is 1.04 bits per heavy atom. The summed E-state index contributed by atoms with van der Waals surface area (Å²) in [6, 6.07) is 4.08. The third-order valence-corrected chi connectivity index (χ3v) is 10.4. The lowest BCUT2D eigenvalue weighted by Crippen LogP contribution is -2.65. The van der Waals surface area contributed by atoms with Crippen LogP contribution in [-0.2, 0) is 18.9 Å². The molecule has 15 heteroatoms. The number of fused-ring (bicyclic) bond motifs is 2. The third kappa shape index (κ3) is 5.75. The number of carbonyl (C=O) groups is 2. The molecule has 262 valence electrons. The van der Waals surface area contributed by atoms with Crippen LogP contribution in [0.1, 0.15) is 61.3 Å². The topological polar surface area (TPSA) is 253 Å². The standard InChI is InChI=1S/C32H44O15/c1-14-8-9-32(43)25(39)20-15(6-5-7-17(20)34)24(38)30(32,4)16(14)10-19(29(2,3)41)47-27-23(37)22(36)21(35)18(46-27)11-44-28-26(40)31(42,12-33)13-45-28/h5-8,16,18-19,21-23,26-28,33-37,40-43H,9-13H2,1-4H3/t16?,18-,19?,21-,22+,23-,26+,27+,28-,30?,31-,32?/m1/s1. The fourth-order valence-corrected chi connectivity index (χ4v) is 7.13. The van der Waals surface area contributed by atoms with E-state index < -0.39 is 114 Å². The maximum Gasteiger partial charge on any atom is 0.200 e. The van der Waals surface area contributed by atoms with Crippen LogP contribution in [-0.4, -0.2) is 143 Å². The number of carbonyl (C=O) groups excluding carboxylic acids is 2. The first-order valence-electron chi connectivity index (χ1n) is 15.4. The highest BCUT2D eigenvalue weighted by atomic mass is 16.7. The van der Waals surface area contributed by atoms with E-state index in [4.69, 9.17) is 18.9 Å². The van der Waals surface area contributed by atoms with Gasteiger partial charge >= 0.3 is 0 Å². The van der Waals surface area contributed by atoms with Crippen LogP contribution in [0.3, 0.4) is 0 Å². The second-order valence-corrected chi connectivity index (χ2v) is 13.9. The molecule has 4 unspecified atom stereocenters. The summed E-state index contributed by atoms with van der Waals surface area (Å²) < 4.78 is 22.5. The number of hydrogen-bond acceptors (Lipinski definition) is 15. The normalized spacial score (nSPS) is 41.3. The van der Waals surface area contributed by atoms with Crippen LogP contribution >= 0.6 is 0 Å². The van der Waals surface area contributed by atoms with Crippen molar-refractivity contribution in [2.75, 3.05) is 19.8 Å². The van der Waals surface area contributed by atoms with Gasteiger partial charge in [-0.25, -0.2) is 0 Å². The van der Waals surface area contributed by atoms with Crippen LogP contribution in [0.2, 0.25) is 0 Å². The van der Waals surface area contributed by atoms with Gasteiger partial charge in [-0.2, -0.15) is 0 Å². The van der Waals surface area contributed by atoms with Crippen molar-refractivity contribution in [2.24, 2.45) is 11.3 Å². The summed E-state index contributed by atoms with van der Waals surface area (Å²) in [5, 5.41) is 95.5. The van der Waals surface area contributed by atoms with Crippen molar-refractivity contribution in [3.8, 4) is 5.75 Å². The Morgan fingerprint density at radius 3 is 2.34 bits per heavy atom. The van der Waals surface area contributed by atoms with Gasteiger partial charge in [0, 0.05) is 12.0 Å². The number of phenols is 1. The minimum atomic E-state index is -2.25. The van der Waals surface area contributed by atoms with Gasteiger partial charge in [0.2, 0.25) is 0 Å². The predicted octanol–water partition coefficient (Wildman–Crippen LogP) is -1.71. The summed E-state index contributed by atoms with van der Waals surface area (Å²) in [6.45, 7) is 4.20. The Morgan fingerprint density at radius 2 is 1.72 bits per heavy atom. The van der Waals surface area contributed by atoms with Crippen molar-refractivity contribution in [1.29, 1.82) is 0 Å². The predicted molar refractivity (Wildman–Crippen MR) is 158 cm³/mol. The molecule has 0 spiro atoms. The van der Waals surface area contributed by atoms with Gasteiger partial charge in [-0.1, -0.05) is 23.8 Å². The number of hydrogen-bond donors (Lipinski definition) is 9. The smallest absolute Gasteiger partial charge is 0.200 e. The highest BCUT2D eigenvalue weighted by Gasteiger charge is 2.66. The largest absolute Gasteiger partial charge is 0.507 e. The minimum Gasteiger partial charge on any atom is -0.507 e. The zero-order valence-corrected chi connectivity index (χ0v) is 26.5. The Labute approximate surface area is 270 Å². The van der Waals surface area contributed by atoms with E-state index in [1.54, 1.807) is 13.0 Å². The first kappa shape index (κ1) is 35.9. The molecule has 47 heavy (non-hydrogen) atoms. The van der Waals surface area contributed by atoms with Gasteiger partial charge in [-0.3, -0.25) is 9.59 Å². The Hall–Kier alpha value is -2.38. The molecule has 5 rings (SSSR count). The number of ether oxygens (including phenoxy) is 4. The molecule has 9 N–H and O–H groups in total. The van der Waals surface area contributed by atoms with Crippen molar-refractivity contribution in [1.82, 2.24) is 0 Å². The van der Waals surface area contributed by atoms with E-state index in [0.717, 1.165) is 0 Å². The fraction of sp³-hybridized carbons (Fsp3) is 0.688. The summed E-state index contributed by atoms with van der Waals surface area (Å²) in [5.74, 6) is -2.75. The molecule has 4 aliphatic rings. The molecule has 2 saturated heterocycles. The highest BCUT2D eigenvalue weighted by molar-refractivity contribution is 6.22. The van der Waals surface area contributed by atoms with Crippen molar-refractivity contribution in [2.45, 2.75) is 107 Å². The number of phenolic OH excluding ortho intramolecular Hbond substituents is 1. The quantitative estimate of drug-likeness (QED) is 0.133. The highest BCUT2D eigenvalue weighted by Crippen LogP contribution is 2.57. The zero-order valence-electron chi connectivity index (χ0n) is 26.5. The number of rotatable bonds is 9. The number of allylic oxidation sites excluding steroid dienone is 1. The van der Waals surface area contributed by atoms with Gasteiger partial charge in [0.15, 0.2) is 24.1 Å². The number of aromatic hydroxyl groups is 1. The van der Waals surface area contributed by atoms with Gasteiger partial charge in [0.05, 0.1) is 42.5 Å². The molecular weight excluding hydrogens is 624 g/mol.